The van der Waals surface area contributed by atoms with Crippen LogP contribution in [-0.4, -0.2) is 52.2 Å². The van der Waals surface area contributed by atoms with E-state index in [1.807, 2.05) is 19.1 Å². The van der Waals surface area contributed by atoms with Crippen molar-refractivity contribution in [1.29, 1.82) is 0 Å². The Labute approximate surface area is 177 Å². The van der Waals surface area contributed by atoms with Gasteiger partial charge >= 0.3 is 11.9 Å². The van der Waals surface area contributed by atoms with Gasteiger partial charge in [-0.1, -0.05) is 19.1 Å². The van der Waals surface area contributed by atoms with Crippen LogP contribution in [0.1, 0.15) is 50.7 Å². The summed E-state index contributed by atoms with van der Waals surface area (Å²) in [7, 11) is 0. The van der Waals surface area contributed by atoms with Gasteiger partial charge in [-0.05, 0) is 80.4 Å². The van der Waals surface area contributed by atoms with Gasteiger partial charge in [0.25, 0.3) is 0 Å². The van der Waals surface area contributed by atoms with Gasteiger partial charge in [-0.2, -0.15) is 0 Å². The van der Waals surface area contributed by atoms with E-state index in [0.29, 0.717) is 30.9 Å². The highest BCUT2D eigenvalue weighted by molar-refractivity contribution is 5.74. The lowest BCUT2D eigenvalue weighted by molar-refractivity contribution is -0.160. The standard InChI is InChI=1S/C23H32O7/c1-3-16(25)7-8-17-18-9-14-5-4-6-20(29-12-22(26)27)19(14)10-15(18)11-21(17)30-23(28)13(2)24/h4-6,13,15-18,21,24-25H,3,7-12H2,1-2H3,(H,26,27)/t13-,15+,16+,17-,18+,21-/m1/s1. The molecule has 0 heterocycles. The van der Waals surface area contributed by atoms with E-state index in [1.54, 1.807) is 6.07 Å². The van der Waals surface area contributed by atoms with E-state index in [9.17, 15) is 19.8 Å². The molecule has 1 aromatic rings. The number of hydrogen-bond donors (Lipinski definition) is 3. The van der Waals surface area contributed by atoms with E-state index in [1.165, 1.54) is 6.92 Å². The number of carboxylic acid groups (broad SMARTS) is 1. The predicted molar refractivity (Wildman–Crippen MR) is 109 cm³/mol. The Morgan fingerprint density at radius 3 is 2.67 bits per heavy atom. The van der Waals surface area contributed by atoms with Crippen LogP contribution in [0.3, 0.4) is 0 Å². The second-order valence-corrected chi connectivity index (χ2v) is 8.60. The summed E-state index contributed by atoms with van der Waals surface area (Å²) < 4.78 is 11.2. The molecule has 1 fully saturated rings. The third-order valence-corrected chi connectivity index (χ3v) is 6.58. The summed E-state index contributed by atoms with van der Waals surface area (Å²) in [5.41, 5.74) is 2.18. The summed E-state index contributed by atoms with van der Waals surface area (Å²) in [5.74, 6) is -0.304. The molecule has 0 amide bonds. The molecular weight excluding hydrogens is 388 g/mol. The summed E-state index contributed by atoms with van der Waals surface area (Å²) in [5, 5.41) is 28.6. The van der Waals surface area contributed by atoms with E-state index < -0.39 is 18.0 Å². The molecule has 1 saturated carbocycles. The van der Waals surface area contributed by atoms with E-state index in [-0.39, 0.29) is 30.7 Å². The quantitative estimate of drug-likeness (QED) is 0.526. The van der Waals surface area contributed by atoms with Crippen molar-refractivity contribution in [1.82, 2.24) is 0 Å². The number of hydrogen-bond acceptors (Lipinski definition) is 6. The Morgan fingerprint density at radius 1 is 1.23 bits per heavy atom. The monoisotopic (exact) mass is 420 g/mol. The molecule has 0 bridgehead atoms. The second kappa shape index (κ2) is 9.79. The number of aliphatic hydroxyl groups excluding tert-OH is 2. The first kappa shape index (κ1) is 22.6. The summed E-state index contributed by atoms with van der Waals surface area (Å²) in [6, 6.07) is 5.73. The molecule has 0 aromatic heterocycles. The molecule has 0 aliphatic heterocycles. The smallest absolute Gasteiger partial charge is 0.341 e. The van der Waals surface area contributed by atoms with Gasteiger partial charge in [-0.25, -0.2) is 9.59 Å². The second-order valence-electron chi connectivity index (χ2n) is 8.60. The largest absolute Gasteiger partial charge is 0.482 e. The maximum absolute atomic E-state index is 12.1. The molecule has 2 aliphatic rings. The van der Waals surface area contributed by atoms with Crippen LogP contribution >= 0.6 is 0 Å². The Bertz CT molecular complexity index is 760. The van der Waals surface area contributed by atoms with Crippen molar-refractivity contribution in [2.45, 2.75) is 70.7 Å². The van der Waals surface area contributed by atoms with Gasteiger partial charge in [-0.15, -0.1) is 0 Å². The van der Waals surface area contributed by atoms with Crippen molar-refractivity contribution in [3.63, 3.8) is 0 Å². The van der Waals surface area contributed by atoms with Crippen LogP contribution < -0.4 is 4.74 Å². The molecule has 0 saturated heterocycles. The molecular formula is C23H32O7. The molecule has 6 atom stereocenters. The minimum atomic E-state index is -1.16. The molecule has 0 unspecified atom stereocenters. The van der Waals surface area contributed by atoms with Crippen molar-refractivity contribution in [3.05, 3.63) is 29.3 Å². The minimum Gasteiger partial charge on any atom is -0.482 e. The zero-order valence-corrected chi connectivity index (χ0v) is 17.6. The number of ether oxygens (including phenoxy) is 2. The Balaban J connectivity index is 1.80. The first-order chi connectivity index (χ1) is 14.3. The minimum absolute atomic E-state index is 0.121. The van der Waals surface area contributed by atoms with Crippen molar-refractivity contribution >= 4 is 11.9 Å². The molecule has 7 nitrogen and oxygen atoms in total. The van der Waals surface area contributed by atoms with Crippen LogP contribution in [0.25, 0.3) is 0 Å². The number of benzene rings is 1. The van der Waals surface area contributed by atoms with Gasteiger partial charge in [-0.3, -0.25) is 0 Å². The fraction of sp³-hybridized carbons (Fsp3) is 0.652. The molecule has 3 N–H and O–H groups in total. The molecule has 7 heteroatoms. The van der Waals surface area contributed by atoms with Gasteiger partial charge in [0.15, 0.2) is 6.61 Å². The number of carbonyl (C=O) groups is 2. The summed E-state index contributed by atoms with van der Waals surface area (Å²) in [6.07, 6.45) is 2.52. The molecule has 1 aromatic carbocycles. The van der Waals surface area contributed by atoms with Gasteiger partial charge < -0.3 is 24.8 Å². The van der Waals surface area contributed by atoms with Crippen molar-refractivity contribution < 1.29 is 34.4 Å². The van der Waals surface area contributed by atoms with E-state index >= 15 is 0 Å². The average Bonchev–Trinajstić information content (AvgIpc) is 3.04. The average molecular weight is 421 g/mol. The summed E-state index contributed by atoms with van der Waals surface area (Å²) in [4.78, 5) is 23.0. The van der Waals surface area contributed by atoms with Gasteiger partial charge in [0.2, 0.25) is 0 Å². The fourth-order valence-corrected chi connectivity index (χ4v) is 5.02. The molecule has 166 valence electrons. The SMILES string of the molecule is CC[C@H](O)CC[C@@H]1[C@H]2Cc3cccc(OCC(=O)O)c3C[C@H]2C[C@H]1OC(=O)[C@@H](C)O. The number of carboxylic acids is 1. The van der Waals surface area contributed by atoms with Gasteiger partial charge in [0, 0.05) is 0 Å². The van der Waals surface area contributed by atoms with E-state index in [2.05, 4.69) is 0 Å². The topological polar surface area (TPSA) is 113 Å². The van der Waals surface area contributed by atoms with Crippen LogP contribution in [0.4, 0.5) is 0 Å². The first-order valence-electron chi connectivity index (χ1n) is 10.8. The number of aliphatic hydroxyl groups is 2. The molecule has 2 aliphatic carbocycles. The molecule has 0 radical (unpaired) electrons. The highest BCUT2D eigenvalue weighted by Crippen LogP contribution is 2.49. The normalized spacial score (nSPS) is 26.9. The number of fused-ring (bicyclic) bond motifs is 2. The Morgan fingerprint density at radius 2 is 2.00 bits per heavy atom. The summed E-state index contributed by atoms with van der Waals surface area (Å²) in [6.45, 7) is 2.97. The Hall–Kier alpha value is -2.12. The fourth-order valence-electron chi connectivity index (χ4n) is 5.02. The molecule has 3 rings (SSSR count). The maximum Gasteiger partial charge on any atom is 0.341 e. The first-order valence-corrected chi connectivity index (χ1v) is 10.8. The number of aliphatic carboxylic acids is 1. The highest BCUT2D eigenvalue weighted by Gasteiger charge is 2.47. The zero-order valence-electron chi connectivity index (χ0n) is 17.6. The van der Waals surface area contributed by atoms with Crippen LogP contribution in [0.5, 0.6) is 5.75 Å². The molecule has 0 spiro atoms. The van der Waals surface area contributed by atoms with Gasteiger partial charge in [0.1, 0.15) is 18.0 Å². The van der Waals surface area contributed by atoms with Crippen LogP contribution in [0, 0.1) is 17.8 Å². The van der Waals surface area contributed by atoms with Crippen molar-refractivity contribution in [2.75, 3.05) is 6.61 Å². The number of esters is 1. The van der Waals surface area contributed by atoms with E-state index in [0.717, 1.165) is 30.4 Å². The lowest BCUT2D eigenvalue weighted by Crippen LogP contribution is -2.32. The predicted octanol–water partition coefficient (Wildman–Crippen LogP) is 2.34. The van der Waals surface area contributed by atoms with Gasteiger partial charge in [0.05, 0.1) is 6.10 Å². The molecule has 30 heavy (non-hydrogen) atoms. The van der Waals surface area contributed by atoms with Crippen LogP contribution in [0.2, 0.25) is 0 Å². The van der Waals surface area contributed by atoms with Crippen molar-refractivity contribution in [2.24, 2.45) is 17.8 Å². The third kappa shape index (κ3) is 5.13. The Kier molecular flexibility index (Phi) is 7.36. The lowest BCUT2D eigenvalue weighted by Gasteiger charge is -2.32. The third-order valence-electron chi connectivity index (χ3n) is 6.58. The zero-order chi connectivity index (χ0) is 21.8. The maximum atomic E-state index is 12.1. The van der Waals surface area contributed by atoms with E-state index in [4.69, 9.17) is 14.6 Å². The number of carbonyl (C=O) groups excluding carboxylic acids is 1. The summed E-state index contributed by atoms with van der Waals surface area (Å²) >= 11 is 0. The van der Waals surface area contributed by atoms with Crippen LogP contribution in [-0.2, 0) is 27.2 Å². The van der Waals surface area contributed by atoms with Crippen LogP contribution in [0.15, 0.2) is 18.2 Å². The highest BCUT2D eigenvalue weighted by atomic mass is 16.6. The number of rotatable bonds is 9. The van der Waals surface area contributed by atoms with Crippen molar-refractivity contribution in [3.8, 4) is 5.75 Å². The lowest BCUT2D eigenvalue weighted by atomic mass is 9.73.